The van der Waals surface area contributed by atoms with Crippen LogP contribution in [0.2, 0.25) is 0 Å². The highest BCUT2D eigenvalue weighted by molar-refractivity contribution is 9.10. The number of aromatic nitrogens is 3. The van der Waals surface area contributed by atoms with Gasteiger partial charge in [0.2, 0.25) is 0 Å². The lowest BCUT2D eigenvalue weighted by Crippen LogP contribution is -1.84. The summed E-state index contributed by atoms with van der Waals surface area (Å²) in [5, 5.41) is 11.4. The van der Waals surface area contributed by atoms with Crippen LogP contribution in [0.3, 0.4) is 0 Å². The minimum absolute atomic E-state index is 0.673. The van der Waals surface area contributed by atoms with Gasteiger partial charge in [-0.1, -0.05) is 28.1 Å². The van der Waals surface area contributed by atoms with E-state index in [-0.39, 0.29) is 0 Å². The third kappa shape index (κ3) is 2.79. The van der Waals surface area contributed by atoms with Crippen LogP contribution in [0.25, 0.3) is 11.3 Å². The average Bonchev–Trinajstić information content (AvgIpc) is 3.09. The minimum Gasteiger partial charge on any atom is -0.455 e. The summed E-state index contributed by atoms with van der Waals surface area (Å²) in [4.78, 5) is 0. The molecule has 0 amide bonds. The molecule has 0 bridgehead atoms. The second-order valence-electron chi connectivity index (χ2n) is 3.80. The molecule has 0 saturated heterocycles. The fourth-order valence-electron chi connectivity index (χ4n) is 1.57. The quantitative estimate of drug-likeness (QED) is 0.697. The van der Waals surface area contributed by atoms with Crippen LogP contribution in [0.15, 0.2) is 63.0 Å². The monoisotopic (exact) mass is 316 g/mol. The summed E-state index contributed by atoms with van der Waals surface area (Å²) in [5.74, 6) is 1.48. The van der Waals surface area contributed by atoms with Crippen molar-refractivity contribution in [2.75, 3.05) is 0 Å². The van der Waals surface area contributed by atoms with Crippen molar-refractivity contribution in [1.82, 2.24) is 14.9 Å². The number of nitrogens with zero attached hydrogens (tertiary/aromatic N) is 4. The van der Waals surface area contributed by atoms with Gasteiger partial charge in [-0.25, -0.2) is 4.68 Å². The van der Waals surface area contributed by atoms with Crippen molar-refractivity contribution in [1.29, 1.82) is 0 Å². The van der Waals surface area contributed by atoms with Gasteiger partial charge in [0, 0.05) is 10.0 Å². The molecule has 0 unspecified atom stereocenters. The van der Waals surface area contributed by atoms with E-state index in [9.17, 15) is 0 Å². The Kier molecular flexibility index (Phi) is 3.24. The first-order valence-corrected chi connectivity index (χ1v) is 6.35. The summed E-state index contributed by atoms with van der Waals surface area (Å²) in [6.45, 7) is 0. The van der Waals surface area contributed by atoms with Gasteiger partial charge < -0.3 is 4.42 Å². The molecule has 5 nitrogen and oxygen atoms in total. The van der Waals surface area contributed by atoms with E-state index in [0.29, 0.717) is 5.76 Å². The molecule has 3 aromatic rings. The fraction of sp³-hybridized carbons (Fsp3) is 0. The van der Waals surface area contributed by atoms with Crippen LogP contribution in [0, 0.1) is 0 Å². The lowest BCUT2D eigenvalue weighted by molar-refractivity contribution is 0.574. The number of rotatable bonds is 3. The molecular weight excluding hydrogens is 308 g/mol. The molecule has 2 heterocycles. The van der Waals surface area contributed by atoms with E-state index in [2.05, 4.69) is 31.2 Å². The van der Waals surface area contributed by atoms with Gasteiger partial charge in [-0.3, -0.25) is 0 Å². The van der Waals surface area contributed by atoms with Crippen molar-refractivity contribution in [2.45, 2.75) is 0 Å². The summed E-state index contributed by atoms with van der Waals surface area (Å²) < 4.78 is 8.23. The minimum atomic E-state index is 0.673. The predicted octanol–water partition coefficient (Wildman–Crippen LogP) is 3.18. The van der Waals surface area contributed by atoms with Crippen LogP contribution in [-0.4, -0.2) is 21.1 Å². The first-order valence-electron chi connectivity index (χ1n) is 5.56. The fourth-order valence-corrected chi connectivity index (χ4v) is 1.83. The van der Waals surface area contributed by atoms with Crippen molar-refractivity contribution < 1.29 is 4.42 Å². The molecule has 0 aliphatic carbocycles. The molecule has 6 heteroatoms. The second-order valence-corrected chi connectivity index (χ2v) is 4.71. The molecular formula is C13H9BrN4O. The summed E-state index contributed by atoms with van der Waals surface area (Å²) in [6.07, 6.45) is 4.63. The highest BCUT2D eigenvalue weighted by Gasteiger charge is 2.03. The van der Waals surface area contributed by atoms with Gasteiger partial charge in [-0.15, -0.1) is 10.2 Å². The van der Waals surface area contributed by atoms with E-state index in [1.165, 1.54) is 17.3 Å². The van der Waals surface area contributed by atoms with Crippen LogP contribution in [0.1, 0.15) is 5.76 Å². The lowest BCUT2D eigenvalue weighted by Gasteiger charge is -1.96. The average molecular weight is 317 g/mol. The molecule has 19 heavy (non-hydrogen) atoms. The zero-order valence-corrected chi connectivity index (χ0v) is 11.4. The summed E-state index contributed by atoms with van der Waals surface area (Å²) >= 11 is 3.40. The summed E-state index contributed by atoms with van der Waals surface area (Å²) in [7, 11) is 0. The maximum atomic E-state index is 5.69. The molecule has 0 atom stereocenters. The summed E-state index contributed by atoms with van der Waals surface area (Å²) in [5.41, 5.74) is 1.02. The Labute approximate surface area is 117 Å². The molecule has 0 fully saturated rings. The van der Waals surface area contributed by atoms with Crippen LogP contribution >= 0.6 is 15.9 Å². The first kappa shape index (κ1) is 11.9. The zero-order chi connectivity index (χ0) is 13.1. The highest BCUT2D eigenvalue weighted by Crippen LogP contribution is 2.23. The number of halogens is 1. The molecule has 0 aliphatic heterocycles. The van der Waals surface area contributed by atoms with Gasteiger partial charge in [0.25, 0.3) is 0 Å². The largest absolute Gasteiger partial charge is 0.455 e. The van der Waals surface area contributed by atoms with E-state index in [1.807, 2.05) is 36.4 Å². The van der Waals surface area contributed by atoms with Gasteiger partial charge in [-0.05, 0) is 24.3 Å². The second kappa shape index (κ2) is 5.19. The van der Waals surface area contributed by atoms with Gasteiger partial charge in [0.1, 0.15) is 24.2 Å². The van der Waals surface area contributed by atoms with E-state index >= 15 is 0 Å². The number of hydrogen-bond acceptors (Lipinski definition) is 4. The molecule has 0 spiro atoms. The Balaban J connectivity index is 1.81. The molecule has 94 valence electrons. The van der Waals surface area contributed by atoms with Crippen molar-refractivity contribution in [3.63, 3.8) is 0 Å². The Morgan fingerprint density at radius 3 is 2.53 bits per heavy atom. The SMILES string of the molecule is Brc1ccc(-c2ccc(/C=N\n3cnnc3)o2)cc1. The lowest BCUT2D eigenvalue weighted by atomic mass is 10.2. The van der Waals surface area contributed by atoms with Crippen LogP contribution in [-0.2, 0) is 0 Å². The molecule has 1 aromatic carbocycles. The van der Waals surface area contributed by atoms with Crippen LogP contribution in [0.4, 0.5) is 0 Å². The molecule has 0 aliphatic rings. The first-order chi connectivity index (χ1) is 9.31. The molecule has 0 saturated carbocycles. The molecule has 2 aromatic heterocycles. The Morgan fingerprint density at radius 1 is 1.05 bits per heavy atom. The molecule has 3 rings (SSSR count). The standard InChI is InChI=1S/C13H9BrN4O/c14-11-3-1-10(2-4-11)13-6-5-12(19-13)7-17-18-8-15-16-9-18/h1-9H/b17-7-. The highest BCUT2D eigenvalue weighted by atomic mass is 79.9. The van der Waals surface area contributed by atoms with Crippen molar-refractivity contribution in [2.24, 2.45) is 5.10 Å². The normalized spacial score (nSPS) is 11.2. The van der Waals surface area contributed by atoms with E-state index in [1.54, 1.807) is 6.21 Å². The topological polar surface area (TPSA) is 56.2 Å². The number of benzene rings is 1. The van der Waals surface area contributed by atoms with Gasteiger partial charge in [0.15, 0.2) is 0 Å². The van der Waals surface area contributed by atoms with Gasteiger partial charge >= 0.3 is 0 Å². The third-order valence-corrected chi connectivity index (χ3v) is 3.01. The third-order valence-electron chi connectivity index (χ3n) is 2.48. The Bertz CT molecular complexity index is 686. The molecule has 0 N–H and O–H groups in total. The van der Waals surface area contributed by atoms with E-state index in [0.717, 1.165) is 15.8 Å². The smallest absolute Gasteiger partial charge is 0.147 e. The number of furan rings is 1. The Hall–Kier alpha value is -2.21. The van der Waals surface area contributed by atoms with E-state index < -0.39 is 0 Å². The summed E-state index contributed by atoms with van der Waals surface area (Å²) in [6, 6.07) is 11.7. The van der Waals surface area contributed by atoms with Crippen molar-refractivity contribution >= 4 is 22.1 Å². The van der Waals surface area contributed by atoms with Crippen LogP contribution in [0.5, 0.6) is 0 Å². The molecule has 0 radical (unpaired) electrons. The predicted molar refractivity (Wildman–Crippen MR) is 74.9 cm³/mol. The maximum Gasteiger partial charge on any atom is 0.147 e. The van der Waals surface area contributed by atoms with Crippen molar-refractivity contribution in [3.05, 3.63) is 59.3 Å². The van der Waals surface area contributed by atoms with Crippen molar-refractivity contribution in [3.8, 4) is 11.3 Å². The zero-order valence-electron chi connectivity index (χ0n) is 9.77. The van der Waals surface area contributed by atoms with Gasteiger partial charge in [0.05, 0.1) is 6.21 Å². The Morgan fingerprint density at radius 2 is 1.79 bits per heavy atom. The van der Waals surface area contributed by atoms with Crippen LogP contribution < -0.4 is 0 Å². The van der Waals surface area contributed by atoms with Gasteiger partial charge in [-0.2, -0.15) is 5.10 Å². The number of hydrogen-bond donors (Lipinski definition) is 0. The van der Waals surface area contributed by atoms with E-state index in [4.69, 9.17) is 4.42 Å². The maximum absolute atomic E-state index is 5.69.